The van der Waals surface area contributed by atoms with E-state index in [0.29, 0.717) is 37.1 Å². The molecule has 1 aliphatic heterocycles. The number of pyridine rings is 1. The summed E-state index contributed by atoms with van der Waals surface area (Å²) in [5.74, 6) is -0.385. The minimum absolute atomic E-state index is 0.0498. The lowest BCUT2D eigenvalue weighted by Crippen LogP contribution is -2.40. The molecule has 7 heteroatoms. The van der Waals surface area contributed by atoms with Crippen LogP contribution in [0.1, 0.15) is 43.1 Å². The van der Waals surface area contributed by atoms with Crippen LogP contribution in [0, 0.1) is 5.92 Å². The summed E-state index contributed by atoms with van der Waals surface area (Å²) in [6.45, 7) is 5.15. The zero-order valence-corrected chi connectivity index (χ0v) is 17.5. The average molecular weight is 406 g/mol. The van der Waals surface area contributed by atoms with Crippen molar-refractivity contribution in [3.8, 4) is 11.3 Å². The highest BCUT2D eigenvalue weighted by molar-refractivity contribution is 6.06. The van der Waals surface area contributed by atoms with Gasteiger partial charge in [0.15, 0.2) is 5.65 Å². The standard InChI is InChI=1S/C23H26N4O3/c1-15(2)27-21-19(14-24-27)18(13-20(25-21)16-7-5-4-6-8-16)22(28)26-11-9-17(10-12-26)23(29)30-3/h4-8,13-15,17H,9-12H2,1-3H3. The van der Waals surface area contributed by atoms with Crippen LogP contribution >= 0.6 is 0 Å². The van der Waals surface area contributed by atoms with E-state index in [0.717, 1.165) is 16.6 Å². The molecule has 3 heterocycles. The lowest BCUT2D eigenvalue weighted by Gasteiger charge is -2.31. The van der Waals surface area contributed by atoms with Gasteiger partial charge in [0.05, 0.1) is 35.9 Å². The predicted octanol–water partition coefficient (Wildman–Crippen LogP) is 3.70. The van der Waals surface area contributed by atoms with E-state index in [1.54, 1.807) is 6.20 Å². The van der Waals surface area contributed by atoms with Crippen molar-refractivity contribution in [1.29, 1.82) is 0 Å². The molecule has 30 heavy (non-hydrogen) atoms. The molecular weight excluding hydrogens is 380 g/mol. The highest BCUT2D eigenvalue weighted by Gasteiger charge is 2.30. The van der Waals surface area contributed by atoms with E-state index in [9.17, 15) is 9.59 Å². The van der Waals surface area contributed by atoms with Crippen LogP contribution < -0.4 is 0 Å². The quantitative estimate of drug-likeness (QED) is 0.618. The van der Waals surface area contributed by atoms with Crippen molar-refractivity contribution >= 4 is 22.9 Å². The van der Waals surface area contributed by atoms with Crippen LogP contribution in [0.4, 0.5) is 0 Å². The summed E-state index contributed by atoms with van der Waals surface area (Å²) in [4.78, 5) is 31.9. The number of ether oxygens (including phenoxy) is 1. The fraction of sp³-hybridized carbons (Fsp3) is 0.391. The maximum Gasteiger partial charge on any atom is 0.308 e. The molecule has 2 aromatic heterocycles. The fourth-order valence-corrected chi connectivity index (χ4v) is 3.98. The van der Waals surface area contributed by atoms with Gasteiger partial charge in [-0.05, 0) is 32.8 Å². The van der Waals surface area contributed by atoms with E-state index >= 15 is 0 Å². The molecule has 0 spiro atoms. The van der Waals surface area contributed by atoms with E-state index < -0.39 is 0 Å². The molecule has 156 valence electrons. The summed E-state index contributed by atoms with van der Waals surface area (Å²) < 4.78 is 6.71. The molecule has 1 aliphatic rings. The van der Waals surface area contributed by atoms with Gasteiger partial charge >= 0.3 is 5.97 Å². The number of methoxy groups -OCH3 is 1. The molecule has 1 aromatic carbocycles. The summed E-state index contributed by atoms with van der Waals surface area (Å²) in [5, 5.41) is 5.24. The number of esters is 1. The van der Waals surface area contributed by atoms with Crippen molar-refractivity contribution in [3.05, 3.63) is 48.2 Å². The van der Waals surface area contributed by atoms with Crippen molar-refractivity contribution < 1.29 is 14.3 Å². The van der Waals surface area contributed by atoms with Crippen LogP contribution in [-0.2, 0) is 9.53 Å². The minimum Gasteiger partial charge on any atom is -0.469 e. The summed E-state index contributed by atoms with van der Waals surface area (Å²) >= 11 is 0. The van der Waals surface area contributed by atoms with Crippen LogP contribution in [0.5, 0.6) is 0 Å². The maximum atomic E-state index is 13.5. The lowest BCUT2D eigenvalue weighted by atomic mass is 9.96. The molecule has 0 N–H and O–H groups in total. The molecule has 1 amide bonds. The minimum atomic E-state index is -0.196. The summed E-state index contributed by atoms with van der Waals surface area (Å²) in [7, 11) is 1.41. The summed E-state index contributed by atoms with van der Waals surface area (Å²) in [6.07, 6.45) is 2.96. The Labute approximate surface area is 175 Å². The largest absolute Gasteiger partial charge is 0.469 e. The number of rotatable bonds is 4. The van der Waals surface area contributed by atoms with Gasteiger partial charge in [0.25, 0.3) is 5.91 Å². The molecular formula is C23H26N4O3. The number of piperidine rings is 1. The molecule has 0 bridgehead atoms. The maximum absolute atomic E-state index is 13.5. The smallest absolute Gasteiger partial charge is 0.308 e. The Kier molecular flexibility index (Phi) is 5.53. The molecule has 0 unspecified atom stereocenters. The van der Waals surface area contributed by atoms with E-state index in [4.69, 9.17) is 9.72 Å². The second-order valence-electron chi connectivity index (χ2n) is 7.93. The fourth-order valence-electron chi connectivity index (χ4n) is 3.98. The number of hydrogen-bond donors (Lipinski definition) is 0. The van der Waals surface area contributed by atoms with Gasteiger partial charge < -0.3 is 9.64 Å². The Bertz CT molecular complexity index is 1070. The van der Waals surface area contributed by atoms with Crippen LogP contribution in [0.15, 0.2) is 42.6 Å². The summed E-state index contributed by atoms with van der Waals surface area (Å²) in [6, 6.07) is 11.8. The van der Waals surface area contributed by atoms with Gasteiger partial charge in [-0.25, -0.2) is 9.67 Å². The van der Waals surface area contributed by atoms with Crippen molar-refractivity contribution in [2.45, 2.75) is 32.7 Å². The van der Waals surface area contributed by atoms with Crippen LogP contribution in [-0.4, -0.2) is 51.7 Å². The molecule has 1 saturated heterocycles. The monoisotopic (exact) mass is 406 g/mol. The Morgan fingerprint density at radius 1 is 1.13 bits per heavy atom. The number of carbonyl (C=O) groups excluding carboxylic acids is 2. The highest BCUT2D eigenvalue weighted by atomic mass is 16.5. The Hall–Kier alpha value is -3.22. The molecule has 0 aliphatic carbocycles. The van der Waals surface area contributed by atoms with Gasteiger partial charge in [0.2, 0.25) is 0 Å². The van der Waals surface area contributed by atoms with E-state index in [1.807, 2.05) is 59.8 Å². The number of hydrogen-bond acceptors (Lipinski definition) is 5. The molecule has 4 rings (SSSR count). The van der Waals surface area contributed by atoms with Crippen molar-refractivity contribution in [2.75, 3.05) is 20.2 Å². The second kappa shape index (κ2) is 8.26. The van der Waals surface area contributed by atoms with E-state index in [-0.39, 0.29) is 23.8 Å². The van der Waals surface area contributed by atoms with Crippen LogP contribution in [0.3, 0.4) is 0 Å². The first-order valence-electron chi connectivity index (χ1n) is 10.3. The van der Waals surface area contributed by atoms with Crippen LogP contribution in [0.2, 0.25) is 0 Å². The predicted molar refractivity (Wildman–Crippen MR) is 114 cm³/mol. The topological polar surface area (TPSA) is 77.3 Å². The van der Waals surface area contributed by atoms with Gasteiger partial charge in [-0.1, -0.05) is 30.3 Å². The van der Waals surface area contributed by atoms with Crippen LogP contribution in [0.25, 0.3) is 22.3 Å². The third-order valence-electron chi connectivity index (χ3n) is 5.67. The average Bonchev–Trinajstić information content (AvgIpc) is 3.22. The zero-order valence-electron chi connectivity index (χ0n) is 17.5. The van der Waals surface area contributed by atoms with Crippen molar-refractivity contribution in [3.63, 3.8) is 0 Å². The first kappa shape index (κ1) is 20.1. The lowest BCUT2D eigenvalue weighted by molar-refractivity contribution is -0.146. The number of carbonyl (C=O) groups is 2. The Morgan fingerprint density at radius 2 is 1.83 bits per heavy atom. The SMILES string of the molecule is COC(=O)C1CCN(C(=O)c2cc(-c3ccccc3)nc3c2cnn3C(C)C)CC1. The molecule has 3 aromatic rings. The third-order valence-corrected chi connectivity index (χ3v) is 5.67. The van der Waals surface area contributed by atoms with E-state index in [1.165, 1.54) is 7.11 Å². The Balaban J connectivity index is 1.73. The number of aromatic nitrogens is 3. The molecule has 0 saturated carbocycles. The van der Waals surface area contributed by atoms with Gasteiger partial charge in [-0.2, -0.15) is 5.10 Å². The number of amides is 1. The normalized spacial score (nSPS) is 15.0. The first-order chi connectivity index (χ1) is 14.5. The van der Waals surface area contributed by atoms with E-state index in [2.05, 4.69) is 5.10 Å². The third kappa shape index (κ3) is 3.67. The van der Waals surface area contributed by atoms with Gasteiger partial charge in [0, 0.05) is 24.7 Å². The van der Waals surface area contributed by atoms with Gasteiger partial charge in [-0.15, -0.1) is 0 Å². The molecule has 0 radical (unpaired) electrons. The molecule has 1 fully saturated rings. The number of likely N-dealkylation sites (tertiary alicyclic amines) is 1. The van der Waals surface area contributed by atoms with Gasteiger partial charge in [0.1, 0.15) is 0 Å². The zero-order chi connectivity index (χ0) is 21.3. The number of nitrogens with zero attached hydrogens (tertiary/aromatic N) is 4. The summed E-state index contributed by atoms with van der Waals surface area (Å²) in [5.41, 5.74) is 3.01. The Morgan fingerprint density at radius 3 is 2.47 bits per heavy atom. The van der Waals surface area contributed by atoms with Crippen molar-refractivity contribution in [2.24, 2.45) is 5.92 Å². The number of fused-ring (bicyclic) bond motifs is 1. The van der Waals surface area contributed by atoms with Gasteiger partial charge in [-0.3, -0.25) is 9.59 Å². The highest BCUT2D eigenvalue weighted by Crippen LogP contribution is 2.28. The molecule has 7 nitrogen and oxygen atoms in total. The number of benzene rings is 1. The molecule has 0 atom stereocenters. The second-order valence-corrected chi connectivity index (χ2v) is 7.93. The first-order valence-corrected chi connectivity index (χ1v) is 10.3. The van der Waals surface area contributed by atoms with Crippen molar-refractivity contribution in [1.82, 2.24) is 19.7 Å².